The molecule has 2 N–H and O–H groups in total. The highest BCUT2D eigenvalue weighted by Crippen LogP contribution is 2.27. The molecular formula is C11H8ClFN2O2S. The highest BCUT2D eigenvalue weighted by Gasteiger charge is 2.08. The third kappa shape index (κ3) is 3.18. The molecule has 18 heavy (non-hydrogen) atoms. The van der Waals surface area contributed by atoms with Crippen LogP contribution in [0.5, 0.6) is 0 Å². The molecule has 1 aromatic carbocycles. The van der Waals surface area contributed by atoms with Gasteiger partial charge < -0.3 is 10.4 Å². The lowest BCUT2D eigenvalue weighted by Gasteiger charge is -2.04. The van der Waals surface area contributed by atoms with E-state index in [1.54, 1.807) is 5.38 Å². The van der Waals surface area contributed by atoms with Crippen LogP contribution in [0.25, 0.3) is 0 Å². The third-order valence-electron chi connectivity index (χ3n) is 2.06. The summed E-state index contributed by atoms with van der Waals surface area (Å²) >= 11 is 7.11. The van der Waals surface area contributed by atoms with Crippen molar-refractivity contribution in [3.05, 3.63) is 40.1 Å². The fraction of sp³-hybridized carbons (Fsp3) is 0.0909. The second kappa shape index (κ2) is 5.32. The highest BCUT2D eigenvalue weighted by atomic mass is 35.5. The molecule has 4 nitrogen and oxygen atoms in total. The number of hydrogen-bond acceptors (Lipinski definition) is 4. The lowest BCUT2D eigenvalue weighted by atomic mass is 10.3. The molecule has 0 aliphatic carbocycles. The van der Waals surface area contributed by atoms with Gasteiger partial charge in [0.05, 0.1) is 22.8 Å². The lowest BCUT2D eigenvalue weighted by Crippen LogP contribution is -2.00. The van der Waals surface area contributed by atoms with E-state index in [0.29, 0.717) is 16.5 Å². The smallest absolute Gasteiger partial charge is 0.309 e. The van der Waals surface area contributed by atoms with E-state index in [2.05, 4.69) is 10.3 Å². The Kier molecular flexibility index (Phi) is 3.78. The summed E-state index contributed by atoms with van der Waals surface area (Å²) in [6, 6.07) is 3.96. The van der Waals surface area contributed by atoms with Gasteiger partial charge in [-0.15, -0.1) is 11.3 Å². The van der Waals surface area contributed by atoms with Crippen molar-refractivity contribution in [2.45, 2.75) is 6.42 Å². The second-order valence-electron chi connectivity index (χ2n) is 3.46. The van der Waals surface area contributed by atoms with Gasteiger partial charge in [-0.2, -0.15) is 0 Å². The molecule has 0 saturated heterocycles. The molecule has 2 rings (SSSR count). The number of rotatable bonds is 4. The summed E-state index contributed by atoms with van der Waals surface area (Å²) in [4.78, 5) is 14.6. The minimum atomic E-state index is -0.938. The van der Waals surface area contributed by atoms with E-state index in [4.69, 9.17) is 16.7 Å². The van der Waals surface area contributed by atoms with Crippen LogP contribution >= 0.6 is 22.9 Å². The first kappa shape index (κ1) is 12.8. The summed E-state index contributed by atoms with van der Waals surface area (Å²) in [5.41, 5.74) is 0.988. The molecule has 0 spiro atoms. The van der Waals surface area contributed by atoms with E-state index in [1.165, 1.54) is 29.5 Å². The second-order valence-corrected chi connectivity index (χ2v) is 4.73. The number of benzene rings is 1. The molecular weight excluding hydrogens is 279 g/mol. The van der Waals surface area contributed by atoms with Crippen molar-refractivity contribution in [3.8, 4) is 0 Å². The Balaban J connectivity index is 2.13. The molecule has 0 fully saturated rings. The Labute approximate surface area is 111 Å². The minimum Gasteiger partial charge on any atom is -0.481 e. The van der Waals surface area contributed by atoms with E-state index >= 15 is 0 Å². The number of carboxylic acids is 1. The molecule has 94 valence electrons. The summed E-state index contributed by atoms with van der Waals surface area (Å²) in [7, 11) is 0. The number of hydrogen-bond donors (Lipinski definition) is 2. The van der Waals surface area contributed by atoms with Gasteiger partial charge in [-0.05, 0) is 18.2 Å². The van der Waals surface area contributed by atoms with Crippen molar-refractivity contribution < 1.29 is 14.3 Å². The van der Waals surface area contributed by atoms with Crippen LogP contribution in [0, 0.1) is 5.82 Å². The fourth-order valence-corrected chi connectivity index (χ4v) is 2.24. The molecule has 0 saturated carbocycles. The average Bonchev–Trinajstić information content (AvgIpc) is 2.69. The molecule has 0 amide bonds. The number of carboxylic acid groups (broad SMARTS) is 1. The number of aliphatic carboxylic acids is 1. The summed E-state index contributed by atoms with van der Waals surface area (Å²) < 4.78 is 12.8. The summed E-state index contributed by atoms with van der Waals surface area (Å²) in [5.74, 6) is -1.36. The maximum absolute atomic E-state index is 12.8. The number of carbonyl (C=O) groups is 1. The van der Waals surface area contributed by atoms with Crippen molar-refractivity contribution in [2.24, 2.45) is 0 Å². The number of halogens is 2. The van der Waals surface area contributed by atoms with Crippen molar-refractivity contribution >= 4 is 39.7 Å². The fourth-order valence-electron chi connectivity index (χ4n) is 1.31. The van der Waals surface area contributed by atoms with Crippen LogP contribution in [-0.4, -0.2) is 16.1 Å². The van der Waals surface area contributed by atoms with Gasteiger partial charge in [-0.3, -0.25) is 4.79 Å². The number of nitrogens with zero attached hydrogens (tertiary/aromatic N) is 1. The maximum Gasteiger partial charge on any atom is 0.309 e. The first-order chi connectivity index (χ1) is 8.54. The molecule has 0 radical (unpaired) electrons. The van der Waals surface area contributed by atoms with E-state index < -0.39 is 11.8 Å². The van der Waals surface area contributed by atoms with Crippen LogP contribution in [-0.2, 0) is 11.2 Å². The summed E-state index contributed by atoms with van der Waals surface area (Å²) in [6.07, 6.45) is -0.130. The first-order valence-electron chi connectivity index (χ1n) is 4.93. The lowest BCUT2D eigenvalue weighted by molar-refractivity contribution is -0.136. The monoisotopic (exact) mass is 286 g/mol. The normalized spacial score (nSPS) is 10.3. The number of aromatic nitrogens is 1. The average molecular weight is 287 g/mol. The molecule has 0 aliphatic heterocycles. The molecule has 1 aromatic heterocycles. The largest absolute Gasteiger partial charge is 0.481 e. The van der Waals surface area contributed by atoms with Crippen LogP contribution in [0.3, 0.4) is 0 Å². The zero-order valence-electron chi connectivity index (χ0n) is 8.98. The van der Waals surface area contributed by atoms with E-state index in [-0.39, 0.29) is 11.4 Å². The molecule has 0 bridgehead atoms. The van der Waals surface area contributed by atoms with Gasteiger partial charge in [-0.25, -0.2) is 9.37 Å². The molecule has 7 heteroatoms. The number of anilines is 2. The molecule has 0 atom stereocenters. The van der Waals surface area contributed by atoms with E-state index in [0.717, 1.165) is 0 Å². The predicted molar refractivity (Wildman–Crippen MR) is 68.1 cm³/mol. The number of nitrogens with one attached hydrogen (secondary N) is 1. The van der Waals surface area contributed by atoms with E-state index in [1.807, 2.05) is 0 Å². The van der Waals surface area contributed by atoms with Crippen molar-refractivity contribution in [1.29, 1.82) is 0 Å². The SMILES string of the molecule is O=C(O)Cc1csc(Nc2ccc(F)cc2Cl)n1. The van der Waals surface area contributed by atoms with Gasteiger partial charge in [0.2, 0.25) is 0 Å². The van der Waals surface area contributed by atoms with Crippen LogP contribution in [0.15, 0.2) is 23.6 Å². The van der Waals surface area contributed by atoms with Crippen LogP contribution in [0.1, 0.15) is 5.69 Å². The Morgan fingerprint density at radius 3 is 3.00 bits per heavy atom. The summed E-state index contributed by atoms with van der Waals surface area (Å²) in [6.45, 7) is 0. The summed E-state index contributed by atoms with van der Waals surface area (Å²) in [5, 5.41) is 13.9. The molecule has 1 heterocycles. The van der Waals surface area contributed by atoms with Gasteiger partial charge in [0.1, 0.15) is 5.82 Å². The first-order valence-corrected chi connectivity index (χ1v) is 6.18. The Hall–Kier alpha value is -1.66. The quantitative estimate of drug-likeness (QED) is 0.905. The molecule has 0 unspecified atom stereocenters. The van der Waals surface area contributed by atoms with Gasteiger partial charge in [0.25, 0.3) is 0 Å². The van der Waals surface area contributed by atoms with Crippen molar-refractivity contribution in [3.63, 3.8) is 0 Å². The Morgan fingerprint density at radius 1 is 1.56 bits per heavy atom. The van der Waals surface area contributed by atoms with E-state index in [9.17, 15) is 9.18 Å². The van der Waals surface area contributed by atoms with Crippen molar-refractivity contribution in [2.75, 3.05) is 5.32 Å². The zero-order chi connectivity index (χ0) is 13.1. The number of thiazole rings is 1. The topological polar surface area (TPSA) is 62.2 Å². The van der Waals surface area contributed by atoms with Crippen molar-refractivity contribution in [1.82, 2.24) is 4.98 Å². The van der Waals surface area contributed by atoms with Gasteiger partial charge in [0.15, 0.2) is 5.13 Å². The predicted octanol–water partition coefficient (Wildman–Crippen LogP) is 3.31. The Morgan fingerprint density at radius 2 is 2.33 bits per heavy atom. The zero-order valence-corrected chi connectivity index (χ0v) is 10.6. The van der Waals surface area contributed by atoms with Crippen LogP contribution < -0.4 is 5.32 Å². The standard InChI is InChI=1S/C11H8ClFN2O2S/c12-8-3-6(13)1-2-9(8)15-11-14-7(5-18-11)4-10(16)17/h1-3,5H,4H2,(H,14,15)(H,16,17). The Bertz CT molecular complexity index is 588. The van der Waals surface area contributed by atoms with Gasteiger partial charge in [0, 0.05) is 5.38 Å². The van der Waals surface area contributed by atoms with Gasteiger partial charge in [-0.1, -0.05) is 11.6 Å². The highest BCUT2D eigenvalue weighted by molar-refractivity contribution is 7.13. The van der Waals surface area contributed by atoms with Crippen LogP contribution in [0.4, 0.5) is 15.2 Å². The molecule has 0 aliphatic rings. The van der Waals surface area contributed by atoms with Crippen LogP contribution in [0.2, 0.25) is 5.02 Å². The van der Waals surface area contributed by atoms with Gasteiger partial charge >= 0.3 is 5.97 Å². The minimum absolute atomic E-state index is 0.130. The maximum atomic E-state index is 12.8. The third-order valence-corrected chi connectivity index (χ3v) is 3.18. The molecule has 2 aromatic rings.